The molecular formula is C17H24N4O3. The highest BCUT2D eigenvalue weighted by molar-refractivity contribution is 5.95. The first-order chi connectivity index (χ1) is 11.5. The van der Waals surface area contributed by atoms with Crippen LogP contribution in [0.3, 0.4) is 0 Å². The molecule has 7 nitrogen and oxygen atoms in total. The summed E-state index contributed by atoms with van der Waals surface area (Å²) >= 11 is 0. The van der Waals surface area contributed by atoms with Crippen LogP contribution in [0.4, 0.5) is 0 Å². The maximum absolute atomic E-state index is 12.8. The predicted octanol–water partition coefficient (Wildman–Crippen LogP) is 1.87. The van der Waals surface area contributed by atoms with Crippen LogP contribution in [0.2, 0.25) is 0 Å². The molecule has 1 aliphatic heterocycles. The van der Waals surface area contributed by atoms with E-state index in [1.165, 1.54) is 0 Å². The molecule has 1 atom stereocenters. The highest BCUT2D eigenvalue weighted by Gasteiger charge is 2.37. The maximum atomic E-state index is 12.8. The fraction of sp³-hybridized carbons (Fsp3) is 0.588. The third-order valence-electron chi connectivity index (χ3n) is 4.46. The van der Waals surface area contributed by atoms with E-state index in [0.29, 0.717) is 30.2 Å². The molecule has 1 amide bonds. The Bertz CT molecular complexity index is 708. The molecule has 2 N–H and O–H groups in total. The van der Waals surface area contributed by atoms with Crippen LogP contribution in [-0.4, -0.2) is 49.7 Å². The SMILES string of the molecule is CCCc1[nH]ccc1C(=O)N1CCCC(O)(Cc2nc(C)no2)C1. The third kappa shape index (κ3) is 3.51. The van der Waals surface area contributed by atoms with Crippen LogP contribution in [0.5, 0.6) is 0 Å². The number of nitrogens with zero attached hydrogens (tertiary/aromatic N) is 3. The number of H-pyrrole nitrogens is 1. The Hall–Kier alpha value is -2.15. The molecule has 2 aromatic heterocycles. The van der Waals surface area contributed by atoms with Gasteiger partial charge in [-0.2, -0.15) is 4.98 Å². The lowest BCUT2D eigenvalue weighted by atomic mass is 9.89. The number of hydrogen-bond donors (Lipinski definition) is 2. The molecule has 0 bridgehead atoms. The number of aryl methyl sites for hydroxylation is 2. The van der Waals surface area contributed by atoms with Crippen molar-refractivity contribution in [3.05, 3.63) is 35.2 Å². The van der Waals surface area contributed by atoms with Crippen LogP contribution < -0.4 is 0 Å². The van der Waals surface area contributed by atoms with Crippen LogP contribution in [-0.2, 0) is 12.8 Å². The smallest absolute Gasteiger partial charge is 0.255 e. The van der Waals surface area contributed by atoms with Gasteiger partial charge in [-0.05, 0) is 32.3 Å². The second-order valence-corrected chi connectivity index (χ2v) is 6.59. The van der Waals surface area contributed by atoms with Gasteiger partial charge in [-0.15, -0.1) is 0 Å². The van der Waals surface area contributed by atoms with Crippen LogP contribution in [0.1, 0.15) is 54.0 Å². The normalized spacial score (nSPS) is 21.2. The van der Waals surface area contributed by atoms with Gasteiger partial charge in [0, 0.05) is 18.4 Å². The number of carbonyl (C=O) groups is 1. The Labute approximate surface area is 141 Å². The lowest BCUT2D eigenvalue weighted by Gasteiger charge is -2.38. The lowest BCUT2D eigenvalue weighted by molar-refractivity contribution is -0.0286. The van der Waals surface area contributed by atoms with Crippen molar-refractivity contribution in [3.63, 3.8) is 0 Å². The highest BCUT2D eigenvalue weighted by Crippen LogP contribution is 2.26. The van der Waals surface area contributed by atoms with Crippen molar-refractivity contribution in [1.29, 1.82) is 0 Å². The highest BCUT2D eigenvalue weighted by atomic mass is 16.5. The predicted molar refractivity (Wildman–Crippen MR) is 87.6 cm³/mol. The minimum atomic E-state index is -1.02. The third-order valence-corrected chi connectivity index (χ3v) is 4.46. The number of aliphatic hydroxyl groups is 1. The first kappa shape index (κ1) is 16.7. The summed E-state index contributed by atoms with van der Waals surface area (Å²) in [6.45, 7) is 4.76. The van der Waals surface area contributed by atoms with Crippen LogP contribution in [0.15, 0.2) is 16.8 Å². The molecule has 1 aliphatic rings. The summed E-state index contributed by atoms with van der Waals surface area (Å²) in [5.41, 5.74) is 0.646. The van der Waals surface area contributed by atoms with E-state index in [0.717, 1.165) is 25.0 Å². The Morgan fingerprint density at radius 3 is 3.08 bits per heavy atom. The molecular weight excluding hydrogens is 308 g/mol. The van der Waals surface area contributed by atoms with Crippen molar-refractivity contribution < 1.29 is 14.4 Å². The van der Waals surface area contributed by atoms with Crippen molar-refractivity contribution in [3.8, 4) is 0 Å². The van der Waals surface area contributed by atoms with E-state index in [4.69, 9.17) is 4.52 Å². The number of piperidine rings is 1. The lowest BCUT2D eigenvalue weighted by Crippen LogP contribution is -2.51. The average molecular weight is 332 g/mol. The zero-order valence-corrected chi connectivity index (χ0v) is 14.2. The van der Waals surface area contributed by atoms with Gasteiger partial charge in [-0.1, -0.05) is 18.5 Å². The molecule has 1 fully saturated rings. The van der Waals surface area contributed by atoms with E-state index in [1.807, 2.05) is 6.07 Å². The fourth-order valence-electron chi connectivity index (χ4n) is 3.35. The number of rotatable bonds is 5. The largest absolute Gasteiger partial charge is 0.388 e. The van der Waals surface area contributed by atoms with Gasteiger partial charge < -0.3 is 19.5 Å². The number of hydrogen-bond acceptors (Lipinski definition) is 5. The zero-order chi connectivity index (χ0) is 17.2. The van der Waals surface area contributed by atoms with Gasteiger partial charge in [-0.25, -0.2) is 0 Å². The molecule has 3 heterocycles. The summed E-state index contributed by atoms with van der Waals surface area (Å²) in [5, 5.41) is 14.7. The zero-order valence-electron chi connectivity index (χ0n) is 14.2. The quantitative estimate of drug-likeness (QED) is 0.871. The molecule has 0 aromatic carbocycles. The van der Waals surface area contributed by atoms with Gasteiger partial charge in [0.05, 0.1) is 24.1 Å². The van der Waals surface area contributed by atoms with E-state index < -0.39 is 5.60 Å². The van der Waals surface area contributed by atoms with Gasteiger partial charge >= 0.3 is 0 Å². The van der Waals surface area contributed by atoms with E-state index >= 15 is 0 Å². The monoisotopic (exact) mass is 332 g/mol. The Morgan fingerprint density at radius 1 is 1.54 bits per heavy atom. The van der Waals surface area contributed by atoms with Gasteiger partial charge in [0.1, 0.15) is 0 Å². The minimum Gasteiger partial charge on any atom is -0.388 e. The number of amides is 1. The van der Waals surface area contributed by atoms with Crippen molar-refractivity contribution >= 4 is 5.91 Å². The summed E-state index contributed by atoms with van der Waals surface area (Å²) in [5.74, 6) is 0.936. The number of aromatic nitrogens is 3. The molecule has 0 radical (unpaired) electrons. The molecule has 3 rings (SSSR count). The molecule has 7 heteroatoms. The molecule has 0 saturated carbocycles. The summed E-state index contributed by atoms with van der Waals surface area (Å²) in [7, 11) is 0. The fourth-order valence-corrected chi connectivity index (χ4v) is 3.35. The molecule has 0 spiro atoms. The molecule has 24 heavy (non-hydrogen) atoms. The number of aromatic amines is 1. The summed E-state index contributed by atoms with van der Waals surface area (Å²) in [4.78, 5) is 21.9. The van der Waals surface area contributed by atoms with E-state index in [9.17, 15) is 9.90 Å². The first-order valence-electron chi connectivity index (χ1n) is 8.48. The van der Waals surface area contributed by atoms with E-state index in [-0.39, 0.29) is 18.9 Å². The number of carbonyl (C=O) groups excluding carboxylic acids is 1. The van der Waals surface area contributed by atoms with E-state index in [1.54, 1.807) is 18.0 Å². The maximum Gasteiger partial charge on any atom is 0.255 e. The van der Waals surface area contributed by atoms with Gasteiger partial charge in [0.2, 0.25) is 5.89 Å². The van der Waals surface area contributed by atoms with Crippen molar-refractivity contribution in [2.45, 2.75) is 51.6 Å². The average Bonchev–Trinajstić information content (AvgIpc) is 3.16. The molecule has 130 valence electrons. The first-order valence-corrected chi connectivity index (χ1v) is 8.48. The Balaban J connectivity index is 1.72. The van der Waals surface area contributed by atoms with Gasteiger partial charge in [0.15, 0.2) is 5.82 Å². The molecule has 2 aromatic rings. The topological polar surface area (TPSA) is 95.2 Å². The number of β-amino-alcohol motifs (C(OH)–C–C–N with tert-alkyl or cyclic N) is 1. The Morgan fingerprint density at radius 2 is 2.38 bits per heavy atom. The van der Waals surface area contributed by atoms with Crippen LogP contribution in [0.25, 0.3) is 0 Å². The van der Waals surface area contributed by atoms with Crippen molar-refractivity contribution in [2.75, 3.05) is 13.1 Å². The van der Waals surface area contributed by atoms with Crippen LogP contribution >= 0.6 is 0 Å². The Kier molecular flexibility index (Phi) is 4.71. The number of likely N-dealkylation sites (tertiary alicyclic amines) is 1. The van der Waals surface area contributed by atoms with Crippen LogP contribution in [0, 0.1) is 6.92 Å². The van der Waals surface area contributed by atoms with E-state index in [2.05, 4.69) is 22.0 Å². The van der Waals surface area contributed by atoms with Gasteiger partial charge in [0.25, 0.3) is 5.91 Å². The van der Waals surface area contributed by atoms with Crippen molar-refractivity contribution in [1.82, 2.24) is 20.0 Å². The number of nitrogens with one attached hydrogen (secondary N) is 1. The van der Waals surface area contributed by atoms with Crippen molar-refractivity contribution in [2.24, 2.45) is 0 Å². The minimum absolute atomic E-state index is 0.0282. The van der Waals surface area contributed by atoms with Gasteiger partial charge in [-0.3, -0.25) is 4.79 Å². The second kappa shape index (κ2) is 6.76. The summed E-state index contributed by atoms with van der Waals surface area (Å²) in [6.07, 6.45) is 5.26. The second-order valence-electron chi connectivity index (χ2n) is 6.59. The summed E-state index contributed by atoms with van der Waals surface area (Å²) < 4.78 is 5.12. The molecule has 1 saturated heterocycles. The summed E-state index contributed by atoms with van der Waals surface area (Å²) in [6, 6.07) is 1.82. The molecule has 1 unspecified atom stereocenters. The standard InChI is InChI=1S/C17H24N4O3/c1-3-5-14-13(6-8-18-14)16(22)21-9-4-7-17(23,11-21)10-15-19-12(2)20-24-15/h6,8,18,23H,3-5,7,9-11H2,1-2H3. The molecule has 0 aliphatic carbocycles.